The second-order valence-electron chi connectivity index (χ2n) is 12.7. The Morgan fingerprint density at radius 1 is 0.490 bits per heavy atom. The topological polar surface area (TPSA) is 244 Å². The van der Waals surface area contributed by atoms with Gasteiger partial charge in [-0.1, -0.05) is 0 Å². The number of aromatic amines is 2. The summed E-state index contributed by atoms with van der Waals surface area (Å²) in [6.45, 7) is 5.49. The van der Waals surface area contributed by atoms with Crippen LogP contribution in [0.25, 0.3) is 44.4 Å². The van der Waals surface area contributed by atoms with Crippen molar-refractivity contribution >= 4 is 74.2 Å². The van der Waals surface area contributed by atoms with E-state index in [9.17, 15) is 49.5 Å². The number of allylic oxidation sites excluding steroid dienone is 4. The van der Waals surface area contributed by atoms with Gasteiger partial charge in [-0.05, 0) is 115 Å². The Balaban J connectivity index is 1.96. The predicted octanol–water partition coefficient (Wildman–Crippen LogP) is 5.88. The molecule has 0 saturated carbocycles. The molecule has 0 atom stereocenters. The summed E-state index contributed by atoms with van der Waals surface area (Å²) >= 11 is 0. The Morgan fingerprint density at radius 2 is 0.902 bits per heavy atom. The van der Waals surface area contributed by atoms with Gasteiger partial charge in [0.05, 0.1) is 29.2 Å². The van der Waals surface area contributed by atoms with Crippen LogP contribution in [0.4, 0.5) is 0 Å². The van der Waals surface area contributed by atoms with Crippen LogP contribution in [0.5, 0.6) is 0 Å². The number of nitrogens with zero attached hydrogens (tertiary/aromatic N) is 2. The van der Waals surface area contributed by atoms with Crippen LogP contribution >= 0.6 is 0 Å². The summed E-state index contributed by atoms with van der Waals surface area (Å²) in [7, 11) is 0. The maximum absolute atomic E-state index is 12.2. The first-order valence-electron chi connectivity index (χ1n) is 16.4. The number of nitrogens with one attached hydrogen (secondary N) is 2. The highest BCUT2D eigenvalue weighted by atomic mass is 16.4. The third kappa shape index (κ3) is 8.06. The molecular weight excluding hydrogens is 660 g/mol. The summed E-state index contributed by atoms with van der Waals surface area (Å²) in [6.07, 6.45) is -0.800. The number of carbonyl (C=O) groups is 5. The van der Waals surface area contributed by atoms with Crippen LogP contribution < -0.4 is 0 Å². The number of rotatable bonds is 14. The van der Waals surface area contributed by atoms with Gasteiger partial charge in [0.1, 0.15) is 0 Å². The lowest BCUT2D eigenvalue weighted by molar-refractivity contribution is -0.138. The molecule has 0 saturated heterocycles. The minimum Gasteiger partial charge on any atom is -0.481 e. The number of hydrogen-bond donors (Lipinski definition) is 7. The Labute approximate surface area is 291 Å². The first-order valence-corrected chi connectivity index (χ1v) is 16.4. The lowest BCUT2D eigenvalue weighted by Gasteiger charge is -2.04. The molecule has 0 aliphatic carbocycles. The largest absolute Gasteiger partial charge is 0.481 e. The van der Waals surface area contributed by atoms with Gasteiger partial charge in [-0.25, -0.2) is 9.97 Å². The molecule has 8 bridgehead atoms. The van der Waals surface area contributed by atoms with Crippen molar-refractivity contribution in [2.45, 2.75) is 78.6 Å². The molecule has 0 spiro atoms. The van der Waals surface area contributed by atoms with Gasteiger partial charge in [-0.15, -0.1) is 0 Å². The highest BCUT2D eigenvalue weighted by molar-refractivity contribution is 5.96. The smallest absolute Gasteiger partial charge is 0.307 e. The molecule has 5 rings (SSSR count). The number of carboxylic acids is 5. The summed E-state index contributed by atoms with van der Waals surface area (Å²) in [4.78, 5) is 75.2. The molecule has 51 heavy (non-hydrogen) atoms. The van der Waals surface area contributed by atoms with Gasteiger partial charge in [0.15, 0.2) is 0 Å². The van der Waals surface area contributed by atoms with E-state index in [4.69, 9.17) is 9.97 Å². The van der Waals surface area contributed by atoms with Gasteiger partial charge in [-0.2, -0.15) is 0 Å². The maximum Gasteiger partial charge on any atom is 0.307 e. The van der Waals surface area contributed by atoms with Crippen LogP contribution in [0.15, 0.2) is 24.3 Å². The molecule has 2 aliphatic heterocycles. The van der Waals surface area contributed by atoms with Gasteiger partial charge in [0.2, 0.25) is 0 Å². The Hall–Kier alpha value is -6.05. The van der Waals surface area contributed by atoms with Crippen molar-refractivity contribution in [3.05, 3.63) is 69.3 Å². The van der Waals surface area contributed by atoms with Crippen LogP contribution in [-0.2, 0) is 43.2 Å². The summed E-state index contributed by atoms with van der Waals surface area (Å²) in [5.74, 6) is -5.23. The van der Waals surface area contributed by atoms with Crippen LogP contribution in [0.2, 0.25) is 0 Å². The molecule has 0 fully saturated rings. The molecule has 14 heteroatoms. The van der Waals surface area contributed by atoms with E-state index in [1.807, 2.05) is 19.9 Å². The number of fused-ring (bicyclic) bond motifs is 8. The van der Waals surface area contributed by atoms with Crippen LogP contribution in [0.3, 0.4) is 0 Å². The summed E-state index contributed by atoms with van der Waals surface area (Å²) in [6, 6.07) is 6.90. The fraction of sp³-hybridized carbons (Fsp3) is 0.324. The monoisotopic (exact) mass is 698 g/mol. The molecule has 0 unspecified atom stereocenters. The third-order valence-electron chi connectivity index (χ3n) is 9.32. The zero-order valence-corrected chi connectivity index (χ0v) is 28.3. The average molecular weight is 699 g/mol. The number of H-pyrrole nitrogens is 2. The molecule has 266 valence electrons. The quantitative estimate of drug-likeness (QED) is 0.104. The minimum absolute atomic E-state index is 0.00610. The molecule has 14 nitrogen and oxygen atoms in total. The van der Waals surface area contributed by atoms with Crippen molar-refractivity contribution in [3.8, 4) is 0 Å². The van der Waals surface area contributed by atoms with Crippen molar-refractivity contribution in [1.82, 2.24) is 19.9 Å². The molecule has 3 aromatic rings. The van der Waals surface area contributed by atoms with Crippen LogP contribution in [-0.4, -0.2) is 75.3 Å². The number of aliphatic carboxylic acids is 5. The van der Waals surface area contributed by atoms with Gasteiger partial charge in [-0.3, -0.25) is 24.0 Å². The van der Waals surface area contributed by atoms with E-state index in [0.717, 1.165) is 11.1 Å². The zero-order valence-electron chi connectivity index (χ0n) is 28.3. The summed E-state index contributed by atoms with van der Waals surface area (Å²) in [5, 5.41) is 48.1. The molecule has 7 N–H and O–H groups in total. The van der Waals surface area contributed by atoms with E-state index in [1.165, 1.54) is 0 Å². The fourth-order valence-corrected chi connectivity index (χ4v) is 6.66. The summed E-state index contributed by atoms with van der Waals surface area (Å²) < 4.78 is 0. The van der Waals surface area contributed by atoms with Gasteiger partial charge in [0, 0.05) is 47.8 Å². The summed E-state index contributed by atoms with van der Waals surface area (Å²) in [5.41, 5.74) is 8.86. The van der Waals surface area contributed by atoms with E-state index in [1.54, 1.807) is 25.1 Å². The standard InChI is InChI=1S/C37H38N4O10/c1-17-20(4-8-33(42)43)28-14-27-19(3)22(6-10-35(46)47)30(40-27)16-32-24(12-37(50)51)23(7-11-36(48)49)31(41-32)15-29-21(5-9-34(44)45)18(2)26(39-29)13-25(17)38-28/h13-16,39,41H,4-12H2,1-3H3,(H,42,43)(H,44,45)(H,46,47)(H,48,49)(H,50,51). The highest BCUT2D eigenvalue weighted by Gasteiger charge is 2.24. The maximum atomic E-state index is 12.2. The fourth-order valence-electron chi connectivity index (χ4n) is 6.66. The van der Waals surface area contributed by atoms with Crippen LogP contribution in [0.1, 0.15) is 97.4 Å². The van der Waals surface area contributed by atoms with Crippen LogP contribution in [0, 0.1) is 6.92 Å². The number of hydrogen-bond acceptors (Lipinski definition) is 7. The number of carboxylic acid groups (broad SMARTS) is 5. The molecule has 0 radical (unpaired) electrons. The van der Waals surface area contributed by atoms with Crippen molar-refractivity contribution in [1.29, 1.82) is 0 Å². The number of aromatic nitrogens is 4. The van der Waals surface area contributed by atoms with E-state index in [-0.39, 0.29) is 51.4 Å². The SMILES string of the molecule is CC1=C(CCC(=O)O)c2cc3nc(cc4[nH]c(cc5[nH]c(cc1n2)c(C)c5CCC(=O)O)c(CCC(=O)O)c4CC(=O)O)C(CCC(=O)O)=C3C. The second-order valence-corrected chi connectivity index (χ2v) is 12.7. The Morgan fingerprint density at radius 3 is 1.43 bits per heavy atom. The Kier molecular flexibility index (Phi) is 10.5. The number of aryl methyl sites for hydroxylation is 3. The first kappa shape index (κ1) is 36.2. The van der Waals surface area contributed by atoms with Gasteiger partial charge < -0.3 is 35.5 Å². The van der Waals surface area contributed by atoms with E-state index in [2.05, 4.69) is 9.97 Å². The Bertz CT molecular complexity index is 2220. The van der Waals surface area contributed by atoms with E-state index in [0.29, 0.717) is 78.3 Å². The lowest BCUT2D eigenvalue weighted by atomic mass is 9.98. The van der Waals surface area contributed by atoms with Crippen molar-refractivity contribution in [2.24, 2.45) is 0 Å². The molecule has 0 aromatic carbocycles. The van der Waals surface area contributed by atoms with E-state index < -0.39 is 36.3 Å². The molecule has 0 amide bonds. The molecule has 3 aromatic heterocycles. The molecule has 2 aliphatic rings. The second kappa shape index (κ2) is 14.8. The minimum atomic E-state index is -1.15. The van der Waals surface area contributed by atoms with Gasteiger partial charge in [0.25, 0.3) is 0 Å². The third-order valence-corrected chi connectivity index (χ3v) is 9.32. The average Bonchev–Trinajstić information content (AvgIpc) is 3.70. The molecular formula is C37H38N4O10. The van der Waals surface area contributed by atoms with Gasteiger partial charge >= 0.3 is 29.8 Å². The first-order chi connectivity index (χ1) is 24.1. The van der Waals surface area contributed by atoms with Crippen molar-refractivity contribution < 1.29 is 49.5 Å². The predicted molar refractivity (Wildman–Crippen MR) is 188 cm³/mol. The van der Waals surface area contributed by atoms with E-state index >= 15 is 0 Å². The zero-order chi connectivity index (χ0) is 37.1. The normalized spacial score (nSPS) is 12.8. The lowest BCUT2D eigenvalue weighted by Crippen LogP contribution is -2.04. The van der Waals surface area contributed by atoms with Crippen molar-refractivity contribution in [2.75, 3.05) is 0 Å². The molecule has 5 heterocycles. The highest BCUT2D eigenvalue weighted by Crippen LogP contribution is 2.38. The van der Waals surface area contributed by atoms with Crippen molar-refractivity contribution in [3.63, 3.8) is 0 Å².